The summed E-state index contributed by atoms with van der Waals surface area (Å²) in [5.41, 5.74) is 0.919. The molecule has 1 amide bonds. The molecule has 1 fully saturated rings. The Morgan fingerprint density at radius 2 is 2.13 bits per heavy atom. The number of carbonyl (C=O) groups is 1. The van der Waals surface area contributed by atoms with Crippen LogP contribution in [0.4, 0.5) is 4.39 Å². The summed E-state index contributed by atoms with van der Waals surface area (Å²) < 4.78 is 18.7. The number of rotatable bonds is 5. The van der Waals surface area contributed by atoms with E-state index in [9.17, 15) is 9.18 Å². The van der Waals surface area contributed by atoms with E-state index in [0.29, 0.717) is 26.1 Å². The Balaban J connectivity index is 1.51. The van der Waals surface area contributed by atoms with Crippen LogP contribution >= 0.6 is 11.3 Å². The maximum atomic E-state index is 13.0. The molecule has 2 aromatic rings. The minimum absolute atomic E-state index is 0.161. The van der Waals surface area contributed by atoms with Crippen molar-refractivity contribution in [3.05, 3.63) is 58.0 Å². The molecule has 0 radical (unpaired) electrons. The predicted molar refractivity (Wildman–Crippen MR) is 88.9 cm³/mol. The van der Waals surface area contributed by atoms with Crippen LogP contribution < -0.4 is 0 Å². The summed E-state index contributed by atoms with van der Waals surface area (Å²) in [5, 5.41) is 2.06. The number of ether oxygens (including phenoxy) is 1. The van der Waals surface area contributed by atoms with E-state index in [1.54, 1.807) is 23.5 Å². The summed E-state index contributed by atoms with van der Waals surface area (Å²) in [5.74, 6) is -0.0805. The fraction of sp³-hybridized carbons (Fsp3) is 0.389. The van der Waals surface area contributed by atoms with Crippen LogP contribution in [0.25, 0.3) is 0 Å². The largest absolute Gasteiger partial charge is 0.370 e. The zero-order valence-electron chi connectivity index (χ0n) is 12.9. The molecule has 1 atom stereocenters. The van der Waals surface area contributed by atoms with Gasteiger partial charge in [0.1, 0.15) is 11.9 Å². The van der Waals surface area contributed by atoms with Crippen LogP contribution in [0, 0.1) is 5.82 Å². The standard InChI is InChI=1S/C18H20FNO2S/c19-15-8-6-14(7-9-15)17-13-20(10-11-22-17)18(21)5-1-3-16-4-2-12-23-16/h2,4,6-9,12,17H,1,3,5,10-11,13H2. The Bertz CT molecular complexity index is 627. The molecule has 1 unspecified atom stereocenters. The number of aryl methyl sites for hydroxylation is 1. The topological polar surface area (TPSA) is 29.5 Å². The molecule has 1 aliphatic rings. The Kier molecular flexibility index (Phi) is 5.41. The van der Waals surface area contributed by atoms with E-state index in [-0.39, 0.29) is 17.8 Å². The highest BCUT2D eigenvalue weighted by Crippen LogP contribution is 2.23. The van der Waals surface area contributed by atoms with Crippen molar-refractivity contribution < 1.29 is 13.9 Å². The van der Waals surface area contributed by atoms with Gasteiger partial charge in [-0.3, -0.25) is 4.79 Å². The van der Waals surface area contributed by atoms with Crippen molar-refractivity contribution in [1.82, 2.24) is 4.90 Å². The molecule has 5 heteroatoms. The molecule has 0 N–H and O–H groups in total. The average Bonchev–Trinajstić information content (AvgIpc) is 3.09. The van der Waals surface area contributed by atoms with E-state index in [2.05, 4.69) is 11.4 Å². The smallest absolute Gasteiger partial charge is 0.222 e. The van der Waals surface area contributed by atoms with Crippen molar-refractivity contribution in [2.24, 2.45) is 0 Å². The molecule has 0 saturated carbocycles. The molecule has 0 aliphatic carbocycles. The van der Waals surface area contributed by atoms with Gasteiger partial charge in [-0.2, -0.15) is 0 Å². The molecule has 1 aromatic carbocycles. The lowest BCUT2D eigenvalue weighted by Crippen LogP contribution is -2.42. The van der Waals surface area contributed by atoms with Gasteiger partial charge >= 0.3 is 0 Å². The van der Waals surface area contributed by atoms with Crippen molar-refractivity contribution in [2.75, 3.05) is 19.7 Å². The number of halogens is 1. The number of carbonyl (C=O) groups excluding carboxylic acids is 1. The molecule has 0 spiro atoms. The third-order valence-corrected chi connectivity index (χ3v) is 4.99. The number of nitrogens with zero attached hydrogens (tertiary/aromatic N) is 1. The molecular formula is C18H20FNO2S. The summed E-state index contributed by atoms with van der Waals surface area (Å²) in [6.07, 6.45) is 2.23. The Hall–Kier alpha value is -1.72. The van der Waals surface area contributed by atoms with Gasteiger partial charge in [0, 0.05) is 17.8 Å². The van der Waals surface area contributed by atoms with Gasteiger partial charge in [0.25, 0.3) is 0 Å². The van der Waals surface area contributed by atoms with Gasteiger partial charge in [-0.15, -0.1) is 11.3 Å². The molecule has 1 aromatic heterocycles. The molecule has 2 heterocycles. The molecule has 122 valence electrons. The summed E-state index contributed by atoms with van der Waals surface area (Å²) in [6, 6.07) is 10.5. The quantitative estimate of drug-likeness (QED) is 0.833. The van der Waals surface area contributed by atoms with Crippen molar-refractivity contribution in [1.29, 1.82) is 0 Å². The van der Waals surface area contributed by atoms with Crippen molar-refractivity contribution in [2.45, 2.75) is 25.4 Å². The first-order chi connectivity index (χ1) is 11.2. The first-order valence-electron chi connectivity index (χ1n) is 7.89. The average molecular weight is 333 g/mol. The minimum Gasteiger partial charge on any atom is -0.370 e. The van der Waals surface area contributed by atoms with Crippen LogP contribution in [0.1, 0.15) is 29.4 Å². The summed E-state index contributed by atoms with van der Waals surface area (Å²) in [4.78, 5) is 15.6. The maximum Gasteiger partial charge on any atom is 0.222 e. The van der Waals surface area contributed by atoms with Gasteiger partial charge < -0.3 is 9.64 Å². The molecule has 0 bridgehead atoms. The van der Waals surface area contributed by atoms with Crippen molar-refractivity contribution in [3.63, 3.8) is 0 Å². The molecule has 3 nitrogen and oxygen atoms in total. The number of amides is 1. The Morgan fingerprint density at radius 3 is 2.87 bits per heavy atom. The van der Waals surface area contributed by atoms with Crippen molar-refractivity contribution in [3.8, 4) is 0 Å². The summed E-state index contributed by atoms with van der Waals surface area (Å²) >= 11 is 1.73. The van der Waals surface area contributed by atoms with E-state index in [1.807, 2.05) is 11.0 Å². The highest BCUT2D eigenvalue weighted by Gasteiger charge is 2.25. The SMILES string of the molecule is O=C(CCCc1cccs1)N1CCOC(c2ccc(F)cc2)C1. The second-order valence-electron chi connectivity index (χ2n) is 5.68. The van der Waals surface area contributed by atoms with E-state index in [1.165, 1.54) is 17.0 Å². The summed E-state index contributed by atoms with van der Waals surface area (Å²) in [7, 11) is 0. The third-order valence-electron chi connectivity index (χ3n) is 4.05. The van der Waals surface area contributed by atoms with E-state index < -0.39 is 0 Å². The van der Waals surface area contributed by atoms with Crippen molar-refractivity contribution >= 4 is 17.2 Å². The third kappa shape index (κ3) is 4.39. The van der Waals surface area contributed by atoms with Crippen LogP contribution in [0.15, 0.2) is 41.8 Å². The second kappa shape index (κ2) is 7.70. The number of hydrogen-bond donors (Lipinski definition) is 0. The highest BCUT2D eigenvalue weighted by atomic mass is 32.1. The maximum absolute atomic E-state index is 13.0. The minimum atomic E-state index is -0.258. The zero-order chi connectivity index (χ0) is 16.1. The van der Waals surface area contributed by atoms with E-state index >= 15 is 0 Å². The molecular weight excluding hydrogens is 313 g/mol. The van der Waals surface area contributed by atoms with Crippen LogP contribution in [-0.4, -0.2) is 30.5 Å². The summed E-state index contributed by atoms with van der Waals surface area (Å²) in [6.45, 7) is 1.71. The molecule has 23 heavy (non-hydrogen) atoms. The molecule has 3 rings (SSSR count). The monoisotopic (exact) mass is 333 g/mol. The normalized spacial score (nSPS) is 18.1. The predicted octanol–water partition coefficient (Wildman–Crippen LogP) is 3.81. The number of morpholine rings is 1. The fourth-order valence-electron chi connectivity index (χ4n) is 2.78. The van der Waals surface area contributed by atoms with E-state index in [4.69, 9.17) is 4.74 Å². The molecule has 1 saturated heterocycles. The zero-order valence-corrected chi connectivity index (χ0v) is 13.7. The van der Waals surface area contributed by atoms with Gasteiger partial charge in [-0.25, -0.2) is 4.39 Å². The Morgan fingerprint density at radius 1 is 1.30 bits per heavy atom. The number of hydrogen-bond acceptors (Lipinski definition) is 3. The van der Waals surface area contributed by atoms with Gasteiger partial charge in [-0.05, 0) is 42.0 Å². The van der Waals surface area contributed by atoms with Crippen LogP contribution in [-0.2, 0) is 16.0 Å². The van der Waals surface area contributed by atoms with Gasteiger partial charge in [0.15, 0.2) is 0 Å². The van der Waals surface area contributed by atoms with Gasteiger partial charge in [0.2, 0.25) is 5.91 Å². The van der Waals surface area contributed by atoms with E-state index in [0.717, 1.165) is 18.4 Å². The Labute approximate surface area is 139 Å². The lowest BCUT2D eigenvalue weighted by Gasteiger charge is -2.33. The second-order valence-corrected chi connectivity index (χ2v) is 6.72. The lowest BCUT2D eigenvalue weighted by molar-refractivity contribution is -0.139. The lowest BCUT2D eigenvalue weighted by atomic mass is 10.1. The van der Waals surface area contributed by atoms with Crippen LogP contribution in [0.2, 0.25) is 0 Å². The highest BCUT2D eigenvalue weighted by molar-refractivity contribution is 7.09. The van der Waals surface area contributed by atoms with Gasteiger partial charge in [-0.1, -0.05) is 18.2 Å². The first kappa shape index (κ1) is 16.1. The fourth-order valence-corrected chi connectivity index (χ4v) is 3.53. The van der Waals surface area contributed by atoms with Gasteiger partial charge in [0.05, 0.1) is 13.2 Å². The molecule has 1 aliphatic heterocycles. The number of benzene rings is 1. The number of thiophene rings is 1. The first-order valence-corrected chi connectivity index (χ1v) is 8.77. The van der Waals surface area contributed by atoms with Crippen LogP contribution in [0.3, 0.4) is 0 Å². The van der Waals surface area contributed by atoms with Crippen LogP contribution in [0.5, 0.6) is 0 Å².